The Morgan fingerprint density at radius 2 is 1.00 bits per heavy atom. The van der Waals surface area contributed by atoms with Crippen LogP contribution in [0.3, 0.4) is 0 Å². The molecule has 1 fully saturated rings. The number of nitrogens with one attached hydrogen (secondary N) is 1. The van der Waals surface area contributed by atoms with Gasteiger partial charge >= 0.3 is 5.97 Å². The fourth-order valence-corrected chi connectivity index (χ4v) is 8.42. The number of amides is 1. The Kier molecular flexibility index (Phi) is 44.0. The minimum absolute atomic E-state index is 0.0317. The van der Waals surface area contributed by atoms with Crippen LogP contribution in [-0.2, 0) is 23.8 Å². The fraction of sp³-hybridized carbons (Fsp3) is 0.825. The van der Waals surface area contributed by atoms with Gasteiger partial charge in [0.05, 0.1) is 32.0 Å². The van der Waals surface area contributed by atoms with Crippen LogP contribution in [0, 0.1) is 0 Å². The minimum atomic E-state index is -1.58. The molecule has 7 atom stereocenters. The molecule has 1 heterocycles. The molecule has 0 spiro atoms. The van der Waals surface area contributed by atoms with E-state index in [4.69, 9.17) is 14.2 Å². The van der Waals surface area contributed by atoms with E-state index in [-0.39, 0.29) is 18.5 Å². The second-order valence-corrected chi connectivity index (χ2v) is 19.3. The first-order chi connectivity index (χ1) is 33.2. The smallest absolute Gasteiger partial charge is 0.305 e. The number of unbranched alkanes of at least 4 members (excludes halogenated alkanes) is 27. The van der Waals surface area contributed by atoms with Gasteiger partial charge in [0, 0.05) is 12.8 Å². The van der Waals surface area contributed by atoms with Crippen LogP contribution >= 0.6 is 0 Å². The van der Waals surface area contributed by atoms with Gasteiger partial charge in [-0.3, -0.25) is 9.59 Å². The van der Waals surface area contributed by atoms with Crippen molar-refractivity contribution in [2.75, 3.05) is 19.8 Å². The monoisotopic (exact) mass is 962 g/mol. The van der Waals surface area contributed by atoms with Crippen LogP contribution in [0.2, 0.25) is 0 Å². The third-order valence-corrected chi connectivity index (χ3v) is 12.9. The molecule has 1 aliphatic heterocycles. The molecule has 0 saturated carbocycles. The van der Waals surface area contributed by atoms with Crippen molar-refractivity contribution in [3.8, 4) is 0 Å². The Labute approximate surface area is 415 Å². The Balaban J connectivity index is 2.10. The summed E-state index contributed by atoms with van der Waals surface area (Å²) >= 11 is 0. The fourth-order valence-electron chi connectivity index (χ4n) is 8.42. The van der Waals surface area contributed by atoms with Crippen molar-refractivity contribution in [1.29, 1.82) is 0 Å². The predicted octanol–water partition coefficient (Wildman–Crippen LogP) is 12.1. The first-order valence-corrected chi connectivity index (χ1v) is 27.9. The number of carbonyl (C=O) groups excluding carboxylic acids is 2. The molecular formula is C57H103NO10. The molecule has 68 heavy (non-hydrogen) atoms. The minimum Gasteiger partial charge on any atom is -0.466 e. The zero-order chi connectivity index (χ0) is 49.6. The average Bonchev–Trinajstić information content (AvgIpc) is 3.33. The number of carbonyl (C=O) groups is 2. The van der Waals surface area contributed by atoms with Crippen LogP contribution in [0.4, 0.5) is 0 Å². The molecular weight excluding hydrogens is 859 g/mol. The van der Waals surface area contributed by atoms with E-state index >= 15 is 0 Å². The van der Waals surface area contributed by atoms with E-state index in [0.717, 1.165) is 96.3 Å². The van der Waals surface area contributed by atoms with Crippen molar-refractivity contribution >= 4 is 11.9 Å². The van der Waals surface area contributed by atoms with Gasteiger partial charge in [-0.1, -0.05) is 191 Å². The molecule has 0 bridgehead atoms. The van der Waals surface area contributed by atoms with Crippen LogP contribution in [0.25, 0.3) is 0 Å². The summed E-state index contributed by atoms with van der Waals surface area (Å²) in [7, 11) is 0. The van der Waals surface area contributed by atoms with Crippen LogP contribution in [0.1, 0.15) is 239 Å². The third kappa shape index (κ3) is 36.5. The Morgan fingerprint density at radius 3 is 1.57 bits per heavy atom. The van der Waals surface area contributed by atoms with Crippen molar-refractivity contribution < 1.29 is 49.3 Å². The lowest BCUT2D eigenvalue weighted by Crippen LogP contribution is -2.60. The van der Waals surface area contributed by atoms with E-state index in [2.05, 4.69) is 55.6 Å². The summed E-state index contributed by atoms with van der Waals surface area (Å²) in [6.45, 7) is 4.21. The third-order valence-electron chi connectivity index (χ3n) is 12.9. The van der Waals surface area contributed by atoms with Crippen LogP contribution in [0.15, 0.2) is 48.6 Å². The SMILES string of the molecule is CCCCC/C=C/CC/C=C/C(O)C(COC1OC(CO)C(O)C(O)C1O)NC(=O)CCCCCCCCC/C=C\C/C=C\CCCCCOC(=O)CCCCCCCCCCCCCCCC. The van der Waals surface area contributed by atoms with E-state index in [9.17, 15) is 35.1 Å². The van der Waals surface area contributed by atoms with Gasteiger partial charge in [-0.2, -0.15) is 0 Å². The molecule has 1 saturated heterocycles. The van der Waals surface area contributed by atoms with Gasteiger partial charge in [0.25, 0.3) is 0 Å². The van der Waals surface area contributed by atoms with Crippen LogP contribution < -0.4 is 5.32 Å². The average molecular weight is 962 g/mol. The highest BCUT2D eigenvalue weighted by Gasteiger charge is 2.44. The zero-order valence-electron chi connectivity index (χ0n) is 43.3. The number of aliphatic hydroxyl groups excluding tert-OH is 5. The summed E-state index contributed by atoms with van der Waals surface area (Å²) in [5.41, 5.74) is 0. The second kappa shape index (κ2) is 47.0. The van der Waals surface area contributed by atoms with Crippen molar-refractivity contribution in [3.63, 3.8) is 0 Å². The van der Waals surface area contributed by atoms with Crippen molar-refractivity contribution in [3.05, 3.63) is 48.6 Å². The van der Waals surface area contributed by atoms with Gasteiger partial charge < -0.3 is 45.1 Å². The van der Waals surface area contributed by atoms with Crippen molar-refractivity contribution in [1.82, 2.24) is 5.32 Å². The summed E-state index contributed by atoms with van der Waals surface area (Å²) in [6.07, 6.45) is 47.9. The molecule has 0 aromatic heterocycles. The molecule has 396 valence electrons. The first kappa shape index (κ1) is 63.6. The molecule has 11 heteroatoms. The van der Waals surface area contributed by atoms with Gasteiger partial charge in [-0.05, 0) is 83.5 Å². The highest BCUT2D eigenvalue weighted by molar-refractivity contribution is 5.76. The second-order valence-electron chi connectivity index (χ2n) is 19.3. The number of hydrogen-bond acceptors (Lipinski definition) is 10. The number of ether oxygens (including phenoxy) is 3. The summed E-state index contributed by atoms with van der Waals surface area (Å²) in [5.74, 6) is -0.243. The molecule has 7 unspecified atom stereocenters. The number of hydrogen-bond donors (Lipinski definition) is 6. The standard InChI is InChI=1S/C57H103NO10/c1-3-5-7-9-11-13-14-15-22-25-29-33-37-41-45-53(62)66-46-42-38-34-30-26-23-20-18-16-17-19-21-24-28-32-36-40-44-52(61)58-49(50(60)43-39-35-31-27-12-10-8-6-4-2)48-67-57-56(65)55(64)54(63)51(47-59)68-57/h12,16,18,23,26-27,39,43,49-51,54-57,59-60,63-65H,3-11,13-15,17,19-22,24-25,28-38,40-42,44-48H2,1-2H3,(H,58,61)/b18-16-,26-23-,27-12+,43-39+. The number of aliphatic hydroxyl groups is 5. The molecule has 0 radical (unpaired) electrons. The lowest BCUT2D eigenvalue weighted by atomic mass is 9.99. The quantitative estimate of drug-likeness (QED) is 0.0196. The Bertz CT molecular complexity index is 1270. The van der Waals surface area contributed by atoms with Crippen molar-refractivity contribution in [2.45, 2.75) is 281 Å². The molecule has 1 aliphatic rings. The largest absolute Gasteiger partial charge is 0.466 e. The number of esters is 1. The maximum absolute atomic E-state index is 13.0. The van der Waals surface area contributed by atoms with E-state index in [1.165, 1.54) is 116 Å². The summed E-state index contributed by atoms with van der Waals surface area (Å²) in [5, 5.41) is 54.1. The molecule has 1 amide bonds. The van der Waals surface area contributed by atoms with Gasteiger partial charge in [0.15, 0.2) is 6.29 Å². The van der Waals surface area contributed by atoms with Crippen LogP contribution in [0.5, 0.6) is 0 Å². The van der Waals surface area contributed by atoms with Gasteiger partial charge in [-0.15, -0.1) is 0 Å². The zero-order valence-corrected chi connectivity index (χ0v) is 43.3. The van der Waals surface area contributed by atoms with E-state index < -0.39 is 49.5 Å². The van der Waals surface area contributed by atoms with Gasteiger partial charge in [-0.25, -0.2) is 0 Å². The summed E-state index contributed by atoms with van der Waals surface area (Å²) in [4.78, 5) is 25.0. The normalized spacial score (nSPS) is 19.8. The van der Waals surface area contributed by atoms with Gasteiger partial charge in [0.1, 0.15) is 24.4 Å². The molecule has 0 aromatic carbocycles. The van der Waals surface area contributed by atoms with Crippen molar-refractivity contribution in [2.24, 2.45) is 0 Å². The lowest BCUT2D eigenvalue weighted by molar-refractivity contribution is -0.302. The summed E-state index contributed by atoms with van der Waals surface area (Å²) < 4.78 is 16.6. The number of rotatable bonds is 47. The predicted molar refractivity (Wildman–Crippen MR) is 278 cm³/mol. The first-order valence-electron chi connectivity index (χ1n) is 27.9. The Morgan fingerprint density at radius 1 is 0.544 bits per heavy atom. The molecule has 11 nitrogen and oxygen atoms in total. The number of allylic oxidation sites excluding steroid dienone is 7. The summed E-state index contributed by atoms with van der Waals surface area (Å²) in [6, 6.07) is -0.838. The highest BCUT2D eigenvalue weighted by atomic mass is 16.7. The lowest BCUT2D eigenvalue weighted by Gasteiger charge is -2.40. The Hall–Kier alpha value is -2.38. The van der Waals surface area contributed by atoms with Crippen LogP contribution in [-0.4, -0.2) is 100 Å². The molecule has 0 aliphatic carbocycles. The topological polar surface area (TPSA) is 175 Å². The molecule has 0 aromatic rings. The molecule has 1 rings (SSSR count). The van der Waals surface area contributed by atoms with E-state index in [0.29, 0.717) is 19.4 Å². The molecule has 6 N–H and O–H groups in total. The van der Waals surface area contributed by atoms with E-state index in [1.54, 1.807) is 6.08 Å². The maximum Gasteiger partial charge on any atom is 0.305 e. The maximum atomic E-state index is 13.0. The van der Waals surface area contributed by atoms with Gasteiger partial charge in [0.2, 0.25) is 5.91 Å². The highest BCUT2D eigenvalue weighted by Crippen LogP contribution is 2.23. The van der Waals surface area contributed by atoms with E-state index in [1.807, 2.05) is 6.08 Å².